The van der Waals surface area contributed by atoms with E-state index in [1.165, 1.54) is 0 Å². The third-order valence-corrected chi connectivity index (χ3v) is 2.63. The molecule has 0 radical (unpaired) electrons. The fourth-order valence-corrected chi connectivity index (χ4v) is 1.76. The Hall–Kier alpha value is -1.84. The standard InChI is InChI=1S/C13H16N2O2/c1-2-17-13(16)10-7-8-12(14-9-10)15-11-5-3-4-6-11/h3-4,7-9,11H,2,5-6H2,1H3,(H,14,15). The van der Waals surface area contributed by atoms with Crippen LogP contribution in [-0.2, 0) is 4.74 Å². The molecule has 4 heteroatoms. The van der Waals surface area contributed by atoms with Crippen LogP contribution < -0.4 is 5.32 Å². The summed E-state index contributed by atoms with van der Waals surface area (Å²) in [5.74, 6) is 0.473. The Labute approximate surface area is 101 Å². The van der Waals surface area contributed by atoms with Crippen molar-refractivity contribution in [3.63, 3.8) is 0 Å². The molecule has 0 saturated heterocycles. The average molecular weight is 232 g/mol. The molecule has 1 aliphatic carbocycles. The van der Waals surface area contributed by atoms with E-state index in [9.17, 15) is 4.79 Å². The normalized spacial score (nSPS) is 14.9. The summed E-state index contributed by atoms with van der Waals surface area (Å²) in [7, 11) is 0. The lowest BCUT2D eigenvalue weighted by atomic mass is 10.2. The molecule has 1 N–H and O–H groups in total. The van der Waals surface area contributed by atoms with Crippen LogP contribution in [0.15, 0.2) is 30.5 Å². The van der Waals surface area contributed by atoms with Crippen molar-refractivity contribution < 1.29 is 9.53 Å². The molecule has 0 fully saturated rings. The quantitative estimate of drug-likeness (QED) is 0.639. The molecule has 0 atom stereocenters. The zero-order chi connectivity index (χ0) is 12.1. The fourth-order valence-electron chi connectivity index (χ4n) is 1.76. The number of esters is 1. The maximum atomic E-state index is 11.4. The molecule has 1 aliphatic rings. The number of rotatable bonds is 4. The van der Waals surface area contributed by atoms with E-state index < -0.39 is 0 Å². The first-order valence-corrected chi connectivity index (χ1v) is 5.84. The summed E-state index contributed by atoms with van der Waals surface area (Å²) in [6, 6.07) is 3.97. The Morgan fingerprint density at radius 2 is 2.24 bits per heavy atom. The van der Waals surface area contributed by atoms with Crippen molar-refractivity contribution >= 4 is 11.8 Å². The first-order chi connectivity index (χ1) is 8.29. The molecule has 1 aromatic rings. The van der Waals surface area contributed by atoms with E-state index in [0.717, 1.165) is 18.7 Å². The minimum absolute atomic E-state index is 0.325. The second-order valence-corrected chi connectivity index (χ2v) is 3.94. The van der Waals surface area contributed by atoms with Gasteiger partial charge in [0, 0.05) is 12.2 Å². The van der Waals surface area contributed by atoms with Crippen LogP contribution >= 0.6 is 0 Å². The highest BCUT2D eigenvalue weighted by Gasteiger charge is 2.11. The minimum Gasteiger partial charge on any atom is -0.462 e. The van der Waals surface area contributed by atoms with Gasteiger partial charge in [0.2, 0.25) is 0 Å². The van der Waals surface area contributed by atoms with Crippen LogP contribution in [0.25, 0.3) is 0 Å². The Bertz CT molecular complexity index is 404. The summed E-state index contributed by atoms with van der Waals surface area (Å²) in [5, 5.41) is 3.31. The maximum Gasteiger partial charge on any atom is 0.339 e. The molecule has 1 heterocycles. The summed E-state index contributed by atoms with van der Waals surface area (Å²) < 4.78 is 4.89. The number of anilines is 1. The topological polar surface area (TPSA) is 51.2 Å². The number of ether oxygens (including phenoxy) is 1. The van der Waals surface area contributed by atoms with Crippen molar-refractivity contribution in [3.05, 3.63) is 36.0 Å². The molecule has 0 spiro atoms. The van der Waals surface area contributed by atoms with E-state index in [2.05, 4.69) is 22.5 Å². The smallest absolute Gasteiger partial charge is 0.339 e. The number of pyridine rings is 1. The zero-order valence-corrected chi connectivity index (χ0v) is 9.85. The van der Waals surface area contributed by atoms with E-state index in [1.54, 1.807) is 19.2 Å². The number of nitrogens with one attached hydrogen (secondary N) is 1. The lowest BCUT2D eigenvalue weighted by Crippen LogP contribution is -2.16. The van der Waals surface area contributed by atoms with Crippen molar-refractivity contribution in [1.82, 2.24) is 4.98 Å². The molecule has 90 valence electrons. The summed E-state index contributed by atoms with van der Waals surface area (Å²) >= 11 is 0. The van der Waals surface area contributed by atoms with Crippen molar-refractivity contribution in [3.8, 4) is 0 Å². The van der Waals surface area contributed by atoms with Gasteiger partial charge in [-0.3, -0.25) is 0 Å². The van der Waals surface area contributed by atoms with Crippen LogP contribution in [0.5, 0.6) is 0 Å². The second-order valence-electron chi connectivity index (χ2n) is 3.94. The third kappa shape index (κ3) is 3.06. The minimum atomic E-state index is -0.325. The summed E-state index contributed by atoms with van der Waals surface area (Å²) in [6.07, 6.45) is 7.92. The molecule has 0 saturated carbocycles. The molecular weight excluding hydrogens is 216 g/mol. The fraction of sp³-hybridized carbons (Fsp3) is 0.385. The van der Waals surface area contributed by atoms with Crippen molar-refractivity contribution in [1.29, 1.82) is 0 Å². The van der Waals surface area contributed by atoms with Gasteiger partial charge in [0.05, 0.1) is 12.2 Å². The van der Waals surface area contributed by atoms with Crippen LogP contribution in [0.2, 0.25) is 0 Å². The van der Waals surface area contributed by atoms with Crippen LogP contribution in [0.1, 0.15) is 30.1 Å². The van der Waals surface area contributed by atoms with Gasteiger partial charge in [0.25, 0.3) is 0 Å². The van der Waals surface area contributed by atoms with Crippen LogP contribution in [-0.4, -0.2) is 23.6 Å². The highest BCUT2D eigenvalue weighted by atomic mass is 16.5. The van der Waals surface area contributed by atoms with Gasteiger partial charge in [-0.25, -0.2) is 9.78 Å². The number of hydrogen-bond acceptors (Lipinski definition) is 4. The monoisotopic (exact) mass is 232 g/mol. The van der Waals surface area contributed by atoms with E-state index in [4.69, 9.17) is 4.74 Å². The van der Waals surface area contributed by atoms with Gasteiger partial charge in [0.15, 0.2) is 0 Å². The highest BCUT2D eigenvalue weighted by Crippen LogP contribution is 2.15. The molecule has 0 unspecified atom stereocenters. The maximum absolute atomic E-state index is 11.4. The van der Waals surface area contributed by atoms with Crippen LogP contribution in [0, 0.1) is 0 Å². The van der Waals surface area contributed by atoms with Gasteiger partial charge in [0.1, 0.15) is 5.82 Å². The molecule has 1 aromatic heterocycles. The lowest BCUT2D eigenvalue weighted by molar-refractivity contribution is 0.0526. The lowest BCUT2D eigenvalue weighted by Gasteiger charge is -2.12. The number of hydrogen-bond donors (Lipinski definition) is 1. The van der Waals surface area contributed by atoms with Gasteiger partial charge >= 0.3 is 5.97 Å². The third-order valence-electron chi connectivity index (χ3n) is 2.63. The number of carbonyl (C=O) groups is 1. The average Bonchev–Trinajstić information content (AvgIpc) is 2.83. The molecule has 0 bridgehead atoms. The Morgan fingerprint density at radius 3 is 2.82 bits per heavy atom. The molecule has 17 heavy (non-hydrogen) atoms. The predicted octanol–water partition coefficient (Wildman–Crippen LogP) is 2.39. The number of aromatic nitrogens is 1. The van der Waals surface area contributed by atoms with Gasteiger partial charge in [-0.15, -0.1) is 0 Å². The number of nitrogens with zero attached hydrogens (tertiary/aromatic N) is 1. The molecule has 0 aromatic carbocycles. The first kappa shape index (κ1) is 11.6. The number of carbonyl (C=O) groups excluding carboxylic acids is 1. The Morgan fingerprint density at radius 1 is 1.47 bits per heavy atom. The molecule has 2 rings (SSSR count). The summed E-state index contributed by atoms with van der Waals surface area (Å²) in [5.41, 5.74) is 0.488. The van der Waals surface area contributed by atoms with Crippen molar-refractivity contribution in [2.75, 3.05) is 11.9 Å². The van der Waals surface area contributed by atoms with Gasteiger partial charge in [-0.2, -0.15) is 0 Å². The van der Waals surface area contributed by atoms with Gasteiger partial charge in [-0.1, -0.05) is 12.2 Å². The SMILES string of the molecule is CCOC(=O)c1ccc(NC2CC=CC2)nc1. The molecule has 0 amide bonds. The Balaban J connectivity index is 1.95. The molecule has 0 aliphatic heterocycles. The Kier molecular flexibility index (Phi) is 3.75. The van der Waals surface area contributed by atoms with E-state index in [-0.39, 0.29) is 5.97 Å². The van der Waals surface area contributed by atoms with Crippen molar-refractivity contribution in [2.45, 2.75) is 25.8 Å². The zero-order valence-electron chi connectivity index (χ0n) is 9.85. The molecule has 4 nitrogen and oxygen atoms in total. The van der Waals surface area contributed by atoms with E-state index in [1.807, 2.05) is 6.07 Å². The second kappa shape index (κ2) is 5.48. The van der Waals surface area contributed by atoms with Gasteiger partial charge in [-0.05, 0) is 31.9 Å². The first-order valence-electron chi connectivity index (χ1n) is 5.84. The predicted molar refractivity (Wildman–Crippen MR) is 66.0 cm³/mol. The molecular formula is C13H16N2O2. The summed E-state index contributed by atoms with van der Waals surface area (Å²) in [6.45, 7) is 2.17. The van der Waals surface area contributed by atoms with Crippen molar-refractivity contribution in [2.24, 2.45) is 0 Å². The highest BCUT2D eigenvalue weighted by molar-refractivity contribution is 5.89. The van der Waals surface area contributed by atoms with Crippen LogP contribution in [0.4, 0.5) is 5.82 Å². The summed E-state index contributed by atoms with van der Waals surface area (Å²) in [4.78, 5) is 15.6. The van der Waals surface area contributed by atoms with Gasteiger partial charge < -0.3 is 10.1 Å². The largest absolute Gasteiger partial charge is 0.462 e. The van der Waals surface area contributed by atoms with Crippen LogP contribution in [0.3, 0.4) is 0 Å². The van der Waals surface area contributed by atoms with E-state index in [0.29, 0.717) is 18.2 Å². The van der Waals surface area contributed by atoms with E-state index >= 15 is 0 Å².